The third kappa shape index (κ3) is 8.91. The predicted molar refractivity (Wildman–Crippen MR) is 117 cm³/mol. The summed E-state index contributed by atoms with van der Waals surface area (Å²) in [6.45, 7) is 10.4. The Morgan fingerprint density at radius 3 is 2.48 bits per heavy atom. The molecule has 0 radical (unpaired) electrons. The van der Waals surface area contributed by atoms with Crippen molar-refractivity contribution in [2.45, 2.75) is 70.8 Å². The minimum atomic E-state index is -0.578. The van der Waals surface area contributed by atoms with Crippen LogP contribution in [0.4, 0.5) is 0 Å². The fourth-order valence-corrected chi connectivity index (χ4v) is 3.73. The van der Waals surface area contributed by atoms with Crippen LogP contribution in [0.5, 0.6) is 0 Å². The molecule has 1 aliphatic carbocycles. The highest BCUT2D eigenvalue weighted by molar-refractivity contribution is 14.0. The van der Waals surface area contributed by atoms with E-state index in [0.29, 0.717) is 6.54 Å². The van der Waals surface area contributed by atoms with Gasteiger partial charge in [-0.1, -0.05) is 26.2 Å². The first-order valence-electron chi connectivity index (χ1n) is 10.1. The molecule has 1 saturated heterocycles. The van der Waals surface area contributed by atoms with Gasteiger partial charge in [-0.25, -0.2) is 0 Å². The highest BCUT2D eigenvalue weighted by Crippen LogP contribution is 2.28. The molecular formula is C19H39IN4O. The van der Waals surface area contributed by atoms with Gasteiger partial charge in [0.25, 0.3) is 0 Å². The Morgan fingerprint density at radius 1 is 1.16 bits per heavy atom. The summed E-state index contributed by atoms with van der Waals surface area (Å²) in [5.41, 5.74) is -0.578. The number of nitrogens with one attached hydrogen (secondary N) is 2. The molecule has 25 heavy (non-hydrogen) atoms. The van der Waals surface area contributed by atoms with Crippen LogP contribution >= 0.6 is 24.0 Å². The molecule has 0 spiro atoms. The zero-order valence-corrected chi connectivity index (χ0v) is 18.6. The largest absolute Gasteiger partial charge is 0.388 e. The maximum absolute atomic E-state index is 10.6. The van der Waals surface area contributed by atoms with E-state index in [1.54, 1.807) is 0 Å². The maximum Gasteiger partial charge on any atom is 0.191 e. The van der Waals surface area contributed by atoms with E-state index < -0.39 is 5.60 Å². The minimum absolute atomic E-state index is 0. The number of hydrogen-bond acceptors (Lipinski definition) is 3. The van der Waals surface area contributed by atoms with E-state index in [-0.39, 0.29) is 24.0 Å². The van der Waals surface area contributed by atoms with Crippen molar-refractivity contribution >= 4 is 29.9 Å². The van der Waals surface area contributed by atoms with Crippen LogP contribution in [0.15, 0.2) is 4.99 Å². The predicted octanol–water partition coefficient (Wildman–Crippen LogP) is 2.98. The Labute approximate surface area is 171 Å². The molecule has 2 rings (SSSR count). The summed E-state index contributed by atoms with van der Waals surface area (Å²) in [6, 6.07) is 0. The molecule has 1 saturated carbocycles. The summed E-state index contributed by atoms with van der Waals surface area (Å²) in [5, 5.41) is 17.3. The fourth-order valence-electron chi connectivity index (χ4n) is 3.73. The second-order valence-electron chi connectivity index (χ2n) is 7.78. The van der Waals surface area contributed by atoms with Gasteiger partial charge in [-0.15, -0.1) is 24.0 Å². The van der Waals surface area contributed by atoms with Gasteiger partial charge in [0.05, 0.1) is 12.1 Å². The first kappa shape index (κ1) is 23.0. The Morgan fingerprint density at radius 2 is 1.84 bits per heavy atom. The van der Waals surface area contributed by atoms with Gasteiger partial charge >= 0.3 is 0 Å². The van der Waals surface area contributed by atoms with Crippen molar-refractivity contribution in [1.29, 1.82) is 0 Å². The molecule has 1 heterocycles. The average Bonchev–Trinajstić information content (AvgIpc) is 2.59. The van der Waals surface area contributed by atoms with Gasteiger partial charge in [0.2, 0.25) is 0 Å². The topological polar surface area (TPSA) is 59.9 Å². The Bertz CT molecular complexity index is 378. The summed E-state index contributed by atoms with van der Waals surface area (Å²) in [6.07, 6.45) is 9.12. The number of rotatable bonds is 7. The molecule has 0 aromatic heterocycles. The van der Waals surface area contributed by atoms with E-state index in [2.05, 4.69) is 34.4 Å². The van der Waals surface area contributed by atoms with Crippen molar-refractivity contribution in [1.82, 2.24) is 15.5 Å². The van der Waals surface area contributed by atoms with Crippen LogP contribution in [0.1, 0.15) is 65.2 Å². The molecule has 5 nitrogen and oxygen atoms in total. The summed E-state index contributed by atoms with van der Waals surface area (Å²) in [4.78, 5) is 7.21. The normalized spacial score (nSPS) is 22.3. The molecule has 2 fully saturated rings. The molecule has 0 aromatic carbocycles. The van der Waals surface area contributed by atoms with Crippen LogP contribution < -0.4 is 10.6 Å². The fraction of sp³-hybridized carbons (Fsp3) is 0.947. The number of nitrogens with zero attached hydrogens (tertiary/aromatic N) is 2. The van der Waals surface area contributed by atoms with Crippen molar-refractivity contribution < 1.29 is 5.11 Å². The second-order valence-corrected chi connectivity index (χ2v) is 7.78. The van der Waals surface area contributed by atoms with E-state index >= 15 is 0 Å². The second kappa shape index (κ2) is 12.3. The standard InChI is InChI=1S/C19H38N4O.HI/c1-3-20-18(22-16-19(24)10-5-4-6-11-19)21-12-7-13-23-14-8-17(2)9-15-23;/h17,24H,3-16H2,1-2H3,(H2,20,21,22);1H. The lowest BCUT2D eigenvalue weighted by Gasteiger charge is -2.31. The van der Waals surface area contributed by atoms with Crippen molar-refractivity contribution in [3.63, 3.8) is 0 Å². The van der Waals surface area contributed by atoms with E-state index in [1.807, 2.05) is 0 Å². The third-order valence-corrected chi connectivity index (χ3v) is 5.48. The van der Waals surface area contributed by atoms with Gasteiger partial charge in [-0.2, -0.15) is 0 Å². The Kier molecular flexibility index (Phi) is 11.3. The lowest BCUT2D eigenvalue weighted by atomic mass is 9.85. The minimum Gasteiger partial charge on any atom is -0.388 e. The molecule has 0 aromatic rings. The Balaban J connectivity index is 0.00000312. The van der Waals surface area contributed by atoms with Crippen molar-refractivity contribution in [2.24, 2.45) is 10.9 Å². The van der Waals surface area contributed by atoms with E-state index in [9.17, 15) is 5.11 Å². The molecule has 6 heteroatoms. The van der Waals surface area contributed by atoms with Crippen molar-refractivity contribution in [2.75, 3.05) is 39.3 Å². The van der Waals surface area contributed by atoms with Crippen molar-refractivity contribution in [3.05, 3.63) is 0 Å². The number of piperidine rings is 1. The molecule has 0 unspecified atom stereocenters. The highest BCUT2D eigenvalue weighted by Gasteiger charge is 2.28. The summed E-state index contributed by atoms with van der Waals surface area (Å²) >= 11 is 0. The van der Waals surface area contributed by atoms with Gasteiger partial charge in [-0.05, 0) is 64.6 Å². The van der Waals surface area contributed by atoms with Crippen LogP contribution in [-0.2, 0) is 0 Å². The summed E-state index contributed by atoms with van der Waals surface area (Å²) in [5.74, 6) is 1.75. The molecule has 0 bridgehead atoms. The number of likely N-dealkylation sites (tertiary alicyclic amines) is 1. The van der Waals surface area contributed by atoms with Crippen LogP contribution in [0.25, 0.3) is 0 Å². The molecule has 3 N–H and O–H groups in total. The number of hydrogen-bond donors (Lipinski definition) is 3. The number of aliphatic hydroxyl groups is 1. The van der Waals surface area contributed by atoms with Gasteiger partial charge in [0, 0.05) is 13.1 Å². The van der Waals surface area contributed by atoms with Crippen molar-refractivity contribution in [3.8, 4) is 0 Å². The van der Waals surface area contributed by atoms with Gasteiger partial charge < -0.3 is 20.6 Å². The van der Waals surface area contributed by atoms with E-state index in [0.717, 1.165) is 57.1 Å². The van der Waals surface area contributed by atoms with Crippen LogP contribution in [-0.4, -0.2) is 60.8 Å². The molecule has 2 aliphatic rings. The van der Waals surface area contributed by atoms with E-state index in [4.69, 9.17) is 0 Å². The third-order valence-electron chi connectivity index (χ3n) is 5.48. The number of halogens is 1. The molecule has 148 valence electrons. The molecule has 1 aliphatic heterocycles. The lowest BCUT2D eigenvalue weighted by molar-refractivity contribution is 0.0131. The van der Waals surface area contributed by atoms with Crippen LogP contribution in [0.2, 0.25) is 0 Å². The molecule has 0 atom stereocenters. The highest BCUT2D eigenvalue weighted by atomic mass is 127. The maximum atomic E-state index is 10.6. The smallest absolute Gasteiger partial charge is 0.191 e. The van der Waals surface area contributed by atoms with Gasteiger partial charge in [0.1, 0.15) is 0 Å². The first-order chi connectivity index (χ1) is 11.6. The van der Waals surface area contributed by atoms with Gasteiger partial charge in [-0.3, -0.25) is 4.99 Å². The zero-order chi connectivity index (χ0) is 17.3. The first-order valence-corrected chi connectivity index (χ1v) is 10.1. The Hall–Kier alpha value is -0.0800. The number of aliphatic imine (C=N–C) groups is 1. The SMILES string of the molecule is CCNC(=NCC1(O)CCCCC1)NCCCN1CCC(C)CC1.I. The summed E-state index contributed by atoms with van der Waals surface area (Å²) in [7, 11) is 0. The average molecular weight is 466 g/mol. The van der Waals surface area contributed by atoms with Crippen LogP contribution in [0.3, 0.4) is 0 Å². The summed E-state index contributed by atoms with van der Waals surface area (Å²) < 4.78 is 0. The molecular weight excluding hydrogens is 427 g/mol. The van der Waals surface area contributed by atoms with E-state index in [1.165, 1.54) is 38.9 Å². The molecule has 0 amide bonds. The number of guanidine groups is 1. The van der Waals surface area contributed by atoms with Gasteiger partial charge in [0.15, 0.2) is 5.96 Å². The zero-order valence-electron chi connectivity index (χ0n) is 16.2. The van der Waals surface area contributed by atoms with Crippen LogP contribution in [0, 0.1) is 5.92 Å². The quantitative estimate of drug-likeness (QED) is 0.234. The lowest BCUT2D eigenvalue weighted by Crippen LogP contribution is -2.42. The monoisotopic (exact) mass is 466 g/mol.